The Balaban J connectivity index is 1.38. The zero-order valence-corrected chi connectivity index (χ0v) is 16.7. The van der Waals surface area contributed by atoms with Crippen molar-refractivity contribution in [2.75, 3.05) is 25.5 Å². The lowest BCUT2D eigenvalue weighted by molar-refractivity contribution is -0.182. The number of carbonyl (C=O) groups is 1. The Hall–Kier alpha value is -3.01. The van der Waals surface area contributed by atoms with Crippen LogP contribution >= 0.6 is 0 Å². The van der Waals surface area contributed by atoms with Crippen LogP contribution in [0.1, 0.15) is 12.8 Å². The number of anilines is 1. The maximum Gasteiger partial charge on any atom is 0.279 e. The van der Waals surface area contributed by atoms with E-state index in [1.165, 1.54) is 6.20 Å². The summed E-state index contributed by atoms with van der Waals surface area (Å²) < 4.78 is 36.5. The molecule has 2 aliphatic rings. The molecule has 5 rings (SSSR count). The largest absolute Gasteiger partial charge is 0.488 e. The number of fused-ring (bicyclic) bond motifs is 1. The number of likely N-dealkylation sites (tertiary alicyclic amines) is 1. The standard InChI is InChI=1S/C20H22F2N6O2/c1-26-11-20(21,22)16(26)10-30-15-9-23-27(2)18(15)13-5-6-28-14(7-13)8-17(25-28)24-19(29)12-3-4-12/h5-9,12,16H,3-4,10-11H2,1-2H3,(H,24,25,29)/t16-/m1/s1. The Labute approximate surface area is 171 Å². The predicted octanol–water partition coefficient (Wildman–Crippen LogP) is 2.41. The van der Waals surface area contributed by atoms with Gasteiger partial charge in [-0.1, -0.05) is 0 Å². The van der Waals surface area contributed by atoms with E-state index in [0.717, 1.165) is 23.9 Å². The van der Waals surface area contributed by atoms with Gasteiger partial charge in [0.25, 0.3) is 5.92 Å². The van der Waals surface area contributed by atoms with Crippen LogP contribution in [0.25, 0.3) is 16.8 Å². The molecule has 3 aromatic heterocycles. The van der Waals surface area contributed by atoms with Gasteiger partial charge in [-0.15, -0.1) is 0 Å². The number of nitrogens with zero attached hydrogens (tertiary/aromatic N) is 5. The highest BCUT2D eigenvalue weighted by Crippen LogP contribution is 2.36. The van der Waals surface area contributed by atoms with Crippen LogP contribution in [0, 0.1) is 5.92 Å². The molecule has 1 N–H and O–H groups in total. The predicted molar refractivity (Wildman–Crippen MR) is 106 cm³/mol. The fourth-order valence-corrected chi connectivity index (χ4v) is 3.80. The summed E-state index contributed by atoms with van der Waals surface area (Å²) in [6.07, 6.45) is 5.17. The van der Waals surface area contributed by atoms with E-state index in [1.54, 1.807) is 40.5 Å². The van der Waals surface area contributed by atoms with Crippen LogP contribution in [0.5, 0.6) is 5.75 Å². The molecule has 0 bridgehead atoms. The normalized spacial score (nSPS) is 20.9. The number of amides is 1. The van der Waals surface area contributed by atoms with Gasteiger partial charge in [0, 0.05) is 30.8 Å². The molecule has 1 saturated carbocycles. The van der Waals surface area contributed by atoms with Crippen molar-refractivity contribution in [2.24, 2.45) is 13.0 Å². The number of hydrogen-bond acceptors (Lipinski definition) is 5. The van der Waals surface area contributed by atoms with Gasteiger partial charge in [0.15, 0.2) is 11.6 Å². The molecule has 1 aliphatic carbocycles. The number of rotatable bonds is 6. The Bertz CT molecular complexity index is 1120. The van der Waals surface area contributed by atoms with Gasteiger partial charge < -0.3 is 10.1 Å². The van der Waals surface area contributed by atoms with Gasteiger partial charge in [-0.25, -0.2) is 13.3 Å². The van der Waals surface area contributed by atoms with E-state index in [2.05, 4.69) is 15.5 Å². The minimum atomic E-state index is -2.74. The molecule has 8 nitrogen and oxygen atoms in total. The van der Waals surface area contributed by atoms with Crippen molar-refractivity contribution in [1.82, 2.24) is 24.3 Å². The molecule has 1 atom stereocenters. The molecule has 4 heterocycles. The number of carbonyl (C=O) groups excluding carboxylic acids is 1. The molecule has 158 valence electrons. The van der Waals surface area contributed by atoms with Gasteiger partial charge >= 0.3 is 0 Å². The fourth-order valence-electron chi connectivity index (χ4n) is 3.80. The van der Waals surface area contributed by atoms with Gasteiger partial charge in [-0.3, -0.25) is 14.4 Å². The highest BCUT2D eigenvalue weighted by atomic mass is 19.3. The van der Waals surface area contributed by atoms with Crippen molar-refractivity contribution in [3.8, 4) is 17.0 Å². The smallest absolute Gasteiger partial charge is 0.279 e. The van der Waals surface area contributed by atoms with Crippen LogP contribution in [0.3, 0.4) is 0 Å². The average molecular weight is 416 g/mol. The van der Waals surface area contributed by atoms with Crippen molar-refractivity contribution in [1.29, 1.82) is 0 Å². The molecule has 1 saturated heterocycles. The molecule has 10 heteroatoms. The SMILES string of the molecule is CN1CC(F)(F)[C@H]1COc1cnn(C)c1-c1ccn2nc(NC(=O)C3CC3)cc2c1. The number of likely N-dealkylation sites (N-methyl/N-ethyl adjacent to an activating group) is 1. The van der Waals surface area contributed by atoms with Crippen LogP contribution in [0.15, 0.2) is 30.6 Å². The maximum absolute atomic E-state index is 13.7. The first-order valence-corrected chi connectivity index (χ1v) is 9.85. The number of aryl methyl sites for hydroxylation is 1. The Morgan fingerprint density at radius 3 is 2.83 bits per heavy atom. The molecule has 3 aromatic rings. The zero-order valence-electron chi connectivity index (χ0n) is 16.7. The first-order chi connectivity index (χ1) is 14.3. The number of hydrogen-bond donors (Lipinski definition) is 1. The van der Waals surface area contributed by atoms with Gasteiger partial charge in [-0.2, -0.15) is 10.2 Å². The molecule has 1 amide bonds. The van der Waals surface area contributed by atoms with Crippen molar-refractivity contribution >= 4 is 17.2 Å². The summed E-state index contributed by atoms with van der Waals surface area (Å²) in [7, 11) is 3.43. The van der Waals surface area contributed by atoms with E-state index in [4.69, 9.17) is 4.74 Å². The summed E-state index contributed by atoms with van der Waals surface area (Å²) >= 11 is 0. The zero-order chi connectivity index (χ0) is 21.0. The van der Waals surface area contributed by atoms with Gasteiger partial charge in [0.05, 0.1) is 18.3 Å². The number of halogens is 2. The Kier molecular flexibility index (Phi) is 4.28. The van der Waals surface area contributed by atoms with Crippen LogP contribution in [-0.2, 0) is 11.8 Å². The number of nitrogens with one attached hydrogen (secondary N) is 1. The molecule has 0 spiro atoms. The van der Waals surface area contributed by atoms with E-state index in [-0.39, 0.29) is 25.0 Å². The highest BCUT2D eigenvalue weighted by molar-refractivity contribution is 5.93. The molecule has 0 unspecified atom stereocenters. The minimum absolute atomic E-state index is 0.00119. The number of ether oxygens (including phenoxy) is 1. The second kappa shape index (κ2) is 6.76. The maximum atomic E-state index is 13.7. The van der Waals surface area contributed by atoms with E-state index >= 15 is 0 Å². The molecule has 30 heavy (non-hydrogen) atoms. The van der Waals surface area contributed by atoms with Crippen LogP contribution in [-0.4, -0.2) is 62.4 Å². The van der Waals surface area contributed by atoms with Crippen molar-refractivity contribution in [2.45, 2.75) is 24.8 Å². The third-order valence-corrected chi connectivity index (χ3v) is 5.72. The summed E-state index contributed by atoms with van der Waals surface area (Å²) in [4.78, 5) is 13.5. The second-order valence-corrected chi connectivity index (χ2v) is 8.06. The summed E-state index contributed by atoms with van der Waals surface area (Å²) in [5.74, 6) is -1.70. The summed E-state index contributed by atoms with van der Waals surface area (Å²) in [5.41, 5.74) is 2.29. The average Bonchev–Trinajstić information content (AvgIpc) is 3.37. The van der Waals surface area contributed by atoms with Gasteiger partial charge in [0.2, 0.25) is 5.91 Å². The van der Waals surface area contributed by atoms with E-state index in [0.29, 0.717) is 17.3 Å². The molecular weight excluding hydrogens is 394 g/mol. The molecule has 0 aromatic carbocycles. The fraction of sp³-hybridized carbons (Fsp3) is 0.450. The third kappa shape index (κ3) is 3.30. The first-order valence-electron chi connectivity index (χ1n) is 9.85. The van der Waals surface area contributed by atoms with Crippen molar-refractivity contribution in [3.05, 3.63) is 30.6 Å². The third-order valence-electron chi connectivity index (χ3n) is 5.72. The van der Waals surface area contributed by atoms with Crippen LogP contribution < -0.4 is 10.1 Å². The summed E-state index contributed by atoms with van der Waals surface area (Å²) in [5, 5.41) is 11.4. The van der Waals surface area contributed by atoms with E-state index in [1.807, 2.05) is 12.1 Å². The monoisotopic (exact) mass is 416 g/mol. The number of alkyl halides is 2. The Morgan fingerprint density at radius 2 is 2.13 bits per heavy atom. The van der Waals surface area contributed by atoms with Crippen molar-refractivity contribution < 1.29 is 18.3 Å². The Morgan fingerprint density at radius 1 is 1.33 bits per heavy atom. The topological polar surface area (TPSA) is 76.7 Å². The lowest BCUT2D eigenvalue weighted by Gasteiger charge is -2.44. The van der Waals surface area contributed by atoms with E-state index < -0.39 is 12.0 Å². The molecule has 1 aliphatic heterocycles. The number of pyridine rings is 1. The second-order valence-electron chi connectivity index (χ2n) is 8.06. The van der Waals surface area contributed by atoms with Gasteiger partial charge in [0.1, 0.15) is 18.3 Å². The molecule has 0 radical (unpaired) electrons. The summed E-state index contributed by atoms with van der Waals surface area (Å²) in [6.45, 7) is -0.368. The molecular formula is C20H22F2N6O2. The lowest BCUT2D eigenvalue weighted by Crippen LogP contribution is -2.65. The van der Waals surface area contributed by atoms with E-state index in [9.17, 15) is 13.6 Å². The van der Waals surface area contributed by atoms with Crippen LogP contribution in [0.4, 0.5) is 14.6 Å². The first kappa shape index (κ1) is 19.0. The minimum Gasteiger partial charge on any atom is -0.488 e. The highest BCUT2D eigenvalue weighted by Gasteiger charge is 2.53. The molecule has 2 fully saturated rings. The van der Waals surface area contributed by atoms with Crippen LogP contribution in [0.2, 0.25) is 0 Å². The quantitative estimate of drug-likeness (QED) is 0.668. The van der Waals surface area contributed by atoms with Crippen molar-refractivity contribution in [3.63, 3.8) is 0 Å². The summed E-state index contributed by atoms with van der Waals surface area (Å²) in [6, 6.07) is 4.60. The van der Waals surface area contributed by atoms with Gasteiger partial charge in [-0.05, 0) is 32.0 Å². The lowest BCUT2D eigenvalue weighted by atomic mass is 10.0. The number of aromatic nitrogens is 4.